The third kappa shape index (κ3) is 4.61. The Hall–Kier alpha value is -4.57. The molecule has 0 aliphatic carbocycles. The highest BCUT2D eigenvalue weighted by atomic mass is 16.4. The molecule has 0 saturated carbocycles. The number of aromatic amines is 1. The van der Waals surface area contributed by atoms with Crippen LogP contribution in [-0.2, 0) is 11.2 Å². The predicted molar refractivity (Wildman–Crippen MR) is 141 cm³/mol. The van der Waals surface area contributed by atoms with E-state index in [1.54, 1.807) is 61.2 Å². The molecule has 5 aromatic rings. The van der Waals surface area contributed by atoms with Gasteiger partial charge >= 0.3 is 5.97 Å². The Morgan fingerprint density at radius 2 is 1.97 bits per heavy atom. The maximum absolute atomic E-state index is 13.2. The van der Waals surface area contributed by atoms with Crippen LogP contribution in [0.5, 0.6) is 5.75 Å². The maximum Gasteiger partial charge on any atom is 0.326 e. The smallest absolute Gasteiger partial charge is 0.326 e. The number of aliphatic hydroxyl groups is 1. The molecule has 10 heteroatoms. The van der Waals surface area contributed by atoms with Gasteiger partial charge in [0, 0.05) is 29.1 Å². The summed E-state index contributed by atoms with van der Waals surface area (Å²) in [6.45, 7) is 3.92. The number of nitrogens with one attached hydrogen (secondary N) is 2. The number of benzene rings is 2. The molecule has 1 amide bonds. The lowest BCUT2D eigenvalue weighted by atomic mass is 10.0. The molecule has 196 valence electrons. The molecule has 3 heterocycles. The minimum Gasteiger partial charge on any atom is -0.508 e. The Kier molecular flexibility index (Phi) is 6.64. The fourth-order valence-electron chi connectivity index (χ4n) is 4.76. The molecule has 0 spiro atoms. The van der Waals surface area contributed by atoms with Gasteiger partial charge in [0.2, 0.25) is 0 Å². The van der Waals surface area contributed by atoms with Crippen LogP contribution in [0.25, 0.3) is 33.3 Å². The number of phenols is 1. The fraction of sp³-hybridized carbons (Fsp3) is 0.250. The highest BCUT2D eigenvalue weighted by Gasteiger charge is 2.26. The van der Waals surface area contributed by atoms with Gasteiger partial charge in [-0.3, -0.25) is 4.79 Å². The number of nitrogens with zero attached hydrogens (tertiary/aromatic N) is 2. The number of hydrogen-bond acceptors (Lipinski definition) is 6. The highest BCUT2D eigenvalue weighted by Crippen LogP contribution is 2.32. The van der Waals surface area contributed by atoms with E-state index < -0.39 is 17.9 Å². The van der Waals surface area contributed by atoms with Crippen molar-refractivity contribution in [2.24, 2.45) is 5.92 Å². The van der Waals surface area contributed by atoms with E-state index in [1.807, 2.05) is 18.4 Å². The second-order valence-corrected chi connectivity index (χ2v) is 9.63. The van der Waals surface area contributed by atoms with Crippen LogP contribution in [0.4, 0.5) is 0 Å². The molecular formula is C28H28N4O6. The van der Waals surface area contributed by atoms with Gasteiger partial charge in [-0.25, -0.2) is 9.78 Å². The summed E-state index contributed by atoms with van der Waals surface area (Å²) in [6, 6.07) is 10.1. The highest BCUT2D eigenvalue weighted by molar-refractivity contribution is 5.99. The van der Waals surface area contributed by atoms with Crippen LogP contribution in [0, 0.1) is 5.92 Å². The second-order valence-electron chi connectivity index (χ2n) is 9.63. The van der Waals surface area contributed by atoms with Crippen LogP contribution >= 0.6 is 0 Å². The number of carbonyl (C=O) groups excluding carboxylic acids is 1. The lowest BCUT2D eigenvalue weighted by Gasteiger charge is -2.23. The van der Waals surface area contributed by atoms with Crippen LogP contribution in [0.2, 0.25) is 0 Å². The summed E-state index contributed by atoms with van der Waals surface area (Å²) in [5, 5.41) is 33.1. The molecule has 5 rings (SSSR count). The van der Waals surface area contributed by atoms with Crippen molar-refractivity contribution in [1.29, 1.82) is 0 Å². The Bertz CT molecular complexity index is 1620. The van der Waals surface area contributed by atoms with E-state index in [2.05, 4.69) is 10.3 Å². The normalized spacial score (nSPS) is 13.3. The number of aromatic nitrogens is 3. The third-order valence-corrected chi connectivity index (χ3v) is 6.80. The largest absolute Gasteiger partial charge is 0.508 e. The van der Waals surface area contributed by atoms with Gasteiger partial charge in [0.15, 0.2) is 0 Å². The summed E-state index contributed by atoms with van der Waals surface area (Å²) < 4.78 is 7.19. The number of carboxylic acids is 1. The first-order chi connectivity index (χ1) is 18.3. The molecule has 0 bridgehead atoms. The van der Waals surface area contributed by atoms with E-state index in [-0.39, 0.29) is 36.3 Å². The molecule has 0 unspecified atom stereocenters. The Morgan fingerprint density at radius 1 is 1.16 bits per heavy atom. The van der Waals surface area contributed by atoms with Crippen molar-refractivity contribution in [3.8, 4) is 17.1 Å². The van der Waals surface area contributed by atoms with Crippen LogP contribution in [-0.4, -0.2) is 54.4 Å². The van der Waals surface area contributed by atoms with Gasteiger partial charge in [0.1, 0.15) is 23.9 Å². The molecule has 0 saturated heterocycles. The average molecular weight is 517 g/mol. The topological polar surface area (TPSA) is 154 Å². The number of amides is 1. The monoisotopic (exact) mass is 516 g/mol. The zero-order valence-corrected chi connectivity index (χ0v) is 20.9. The number of aromatic hydroxyl groups is 1. The number of imidazole rings is 1. The van der Waals surface area contributed by atoms with Gasteiger partial charge < -0.3 is 34.6 Å². The lowest BCUT2D eigenvalue weighted by molar-refractivity contribution is -0.139. The Labute approximate surface area is 217 Å². The zero-order valence-electron chi connectivity index (χ0n) is 20.9. The van der Waals surface area contributed by atoms with E-state index >= 15 is 0 Å². The zero-order chi connectivity index (χ0) is 27.0. The molecule has 2 atom stereocenters. The number of phenolic OH excluding ortho intramolecular Hbond substituents is 1. The molecular weight excluding hydrogens is 488 g/mol. The minimum absolute atomic E-state index is 0.0264. The van der Waals surface area contributed by atoms with Crippen molar-refractivity contribution in [2.45, 2.75) is 32.4 Å². The Morgan fingerprint density at radius 3 is 2.66 bits per heavy atom. The summed E-state index contributed by atoms with van der Waals surface area (Å²) >= 11 is 0. The molecule has 5 N–H and O–H groups in total. The van der Waals surface area contributed by atoms with E-state index in [1.165, 1.54) is 0 Å². The van der Waals surface area contributed by atoms with E-state index in [4.69, 9.17) is 9.40 Å². The number of carboxylic acid groups (broad SMARTS) is 1. The average Bonchev–Trinajstić information content (AvgIpc) is 3.63. The summed E-state index contributed by atoms with van der Waals surface area (Å²) in [5.41, 5.74) is 3.68. The molecule has 2 aromatic carbocycles. The van der Waals surface area contributed by atoms with Crippen molar-refractivity contribution < 1.29 is 29.3 Å². The lowest BCUT2D eigenvalue weighted by Crippen LogP contribution is -2.42. The Balaban J connectivity index is 1.46. The summed E-state index contributed by atoms with van der Waals surface area (Å²) in [4.78, 5) is 33.0. The van der Waals surface area contributed by atoms with Crippen LogP contribution < -0.4 is 5.32 Å². The number of rotatable bonds is 9. The van der Waals surface area contributed by atoms with Gasteiger partial charge in [-0.1, -0.05) is 13.8 Å². The minimum atomic E-state index is -1.20. The molecule has 38 heavy (non-hydrogen) atoms. The number of H-pyrrole nitrogens is 1. The quantitative estimate of drug-likeness (QED) is 0.198. The predicted octanol–water partition coefficient (Wildman–Crippen LogP) is 4.10. The van der Waals surface area contributed by atoms with Crippen molar-refractivity contribution in [2.75, 3.05) is 6.61 Å². The van der Waals surface area contributed by atoms with Gasteiger partial charge in [0.25, 0.3) is 5.91 Å². The number of aliphatic hydroxyl groups excluding tert-OH is 1. The SMILES string of the molecule is CC(C)[C@H](CO)n1c(-c2ccoc2)nc2cc(C(=O)N[C@@H](Cc3c[nH]c4ccc(O)cc34)C(=O)O)ccc21. The van der Waals surface area contributed by atoms with Crippen molar-refractivity contribution in [3.63, 3.8) is 0 Å². The van der Waals surface area contributed by atoms with Crippen molar-refractivity contribution >= 4 is 33.8 Å². The first-order valence-electron chi connectivity index (χ1n) is 12.2. The third-order valence-electron chi connectivity index (χ3n) is 6.80. The second kappa shape index (κ2) is 10.1. The number of carbonyl (C=O) groups is 2. The van der Waals surface area contributed by atoms with Crippen LogP contribution in [0.3, 0.4) is 0 Å². The number of hydrogen-bond donors (Lipinski definition) is 5. The van der Waals surface area contributed by atoms with E-state index in [0.29, 0.717) is 22.3 Å². The van der Waals surface area contributed by atoms with Gasteiger partial charge in [-0.15, -0.1) is 0 Å². The summed E-state index contributed by atoms with van der Waals surface area (Å²) in [7, 11) is 0. The first-order valence-corrected chi connectivity index (χ1v) is 12.2. The van der Waals surface area contributed by atoms with E-state index in [0.717, 1.165) is 16.6 Å². The number of aliphatic carboxylic acids is 1. The number of fused-ring (bicyclic) bond motifs is 2. The van der Waals surface area contributed by atoms with Crippen LogP contribution in [0.1, 0.15) is 35.8 Å². The standard InChI is InChI=1S/C28H28N4O6/c1-15(2)25(13-33)32-24-6-3-16(9-22(24)30-26(32)17-7-8-38-14-17)27(35)31-23(28(36)37)10-18-12-29-21-5-4-19(34)11-20(18)21/h3-9,11-12,14-15,23,25,29,33-34H,10,13H2,1-2H3,(H,31,35)(H,36,37)/t23-,25-/m0/s1. The first kappa shape index (κ1) is 25.1. The van der Waals surface area contributed by atoms with Crippen molar-refractivity contribution in [3.05, 3.63) is 72.3 Å². The molecule has 0 aliphatic heterocycles. The molecule has 3 aromatic heterocycles. The van der Waals surface area contributed by atoms with E-state index in [9.17, 15) is 24.9 Å². The molecule has 0 fully saturated rings. The molecule has 0 aliphatic rings. The molecule has 10 nitrogen and oxygen atoms in total. The van der Waals surface area contributed by atoms with Crippen LogP contribution in [0.15, 0.2) is 65.6 Å². The summed E-state index contributed by atoms with van der Waals surface area (Å²) in [6.07, 6.45) is 4.82. The molecule has 0 radical (unpaired) electrons. The summed E-state index contributed by atoms with van der Waals surface area (Å²) in [5.74, 6) is -0.955. The number of furan rings is 1. The van der Waals surface area contributed by atoms with Gasteiger partial charge in [0.05, 0.1) is 35.5 Å². The fourth-order valence-corrected chi connectivity index (χ4v) is 4.76. The van der Waals surface area contributed by atoms with Gasteiger partial charge in [-0.05, 0) is 53.9 Å². The van der Waals surface area contributed by atoms with Gasteiger partial charge in [-0.2, -0.15) is 0 Å². The maximum atomic E-state index is 13.2. The van der Waals surface area contributed by atoms with Crippen molar-refractivity contribution in [1.82, 2.24) is 19.9 Å².